The smallest absolute Gasteiger partial charge is 0.141 e. The fraction of sp³-hybridized carbons (Fsp3) is 0.188. The van der Waals surface area contributed by atoms with Crippen LogP contribution in [0.2, 0.25) is 0 Å². The van der Waals surface area contributed by atoms with Gasteiger partial charge in [0.05, 0.1) is 0 Å². The van der Waals surface area contributed by atoms with Gasteiger partial charge in [0.15, 0.2) is 0 Å². The molecule has 0 aliphatic carbocycles. The van der Waals surface area contributed by atoms with Crippen molar-refractivity contribution < 1.29 is 4.79 Å². The van der Waals surface area contributed by atoms with Crippen molar-refractivity contribution in [3.63, 3.8) is 0 Å². The SMILES string of the molecule is Cc1ccccc1.O=CC1(c2cccs2)CC=CS1. The summed E-state index contributed by atoms with van der Waals surface area (Å²) in [6, 6.07) is 14.3. The molecule has 2 aromatic rings. The highest BCUT2D eigenvalue weighted by Crippen LogP contribution is 2.45. The number of thioether (sulfide) groups is 1. The van der Waals surface area contributed by atoms with E-state index in [9.17, 15) is 4.79 Å². The van der Waals surface area contributed by atoms with E-state index in [0.717, 1.165) is 17.6 Å². The number of rotatable bonds is 2. The summed E-state index contributed by atoms with van der Waals surface area (Å²) in [4.78, 5) is 12.1. The molecule has 98 valence electrons. The largest absolute Gasteiger partial charge is 0.301 e. The van der Waals surface area contributed by atoms with Gasteiger partial charge in [0.1, 0.15) is 11.0 Å². The Morgan fingerprint density at radius 3 is 2.37 bits per heavy atom. The van der Waals surface area contributed by atoms with Crippen molar-refractivity contribution in [1.82, 2.24) is 0 Å². The Morgan fingerprint density at radius 1 is 1.16 bits per heavy atom. The molecule has 1 nitrogen and oxygen atoms in total. The minimum absolute atomic E-state index is 0.297. The lowest BCUT2D eigenvalue weighted by molar-refractivity contribution is -0.109. The fourth-order valence-electron chi connectivity index (χ4n) is 1.79. The van der Waals surface area contributed by atoms with Crippen molar-refractivity contribution in [1.29, 1.82) is 0 Å². The Bertz CT molecular complexity index is 521. The second kappa shape index (κ2) is 6.73. The summed E-state index contributed by atoms with van der Waals surface area (Å²) in [5, 5.41) is 4.02. The van der Waals surface area contributed by atoms with Gasteiger partial charge in [-0.2, -0.15) is 0 Å². The lowest BCUT2D eigenvalue weighted by Crippen LogP contribution is -2.18. The Balaban J connectivity index is 0.000000163. The topological polar surface area (TPSA) is 17.1 Å². The van der Waals surface area contributed by atoms with Crippen molar-refractivity contribution in [3.8, 4) is 0 Å². The minimum Gasteiger partial charge on any atom is -0.301 e. The number of carbonyl (C=O) groups is 1. The number of hydrogen-bond donors (Lipinski definition) is 0. The Morgan fingerprint density at radius 2 is 1.95 bits per heavy atom. The number of allylic oxidation sites excluding steroid dienone is 1. The number of hydrogen-bond acceptors (Lipinski definition) is 3. The van der Waals surface area contributed by atoms with E-state index in [2.05, 4.69) is 25.1 Å². The average molecular weight is 288 g/mol. The molecule has 0 bridgehead atoms. The van der Waals surface area contributed by atoms with Crippen LogP contribution in [0.1, 0.15) is 16.9 Å². The van der Waals surface area contributed by atoms with Gasteiger partial charge in [0.2, 0.25) is 0 Å². The molecule has 0 fully saturated rings. The van der Waals surface area contributed by atoms with Crippen LogP contribution in [0.25, 0.3) is 0 Å². The first-order chi connectivity index (χ1) is 9.27. The predicted molar refractivity (Wildman–Crippen MR) is 84.6 cm³/mol. The van der Waals surface area contributed by atoms with E-state index in [0.29, 0.717) is 0 Å². The van der Waals surface area contributed by atoms with Crippen molar-refractivity contribution >= 4 is 29.4 Å². The summed E-state index contributed by atoms with van der Waals surface area (Å²) in [6.45, 7) is 2.08. The zero-order valence-corrected chi connectivity index (χ0v) is 12.4. The molecule has 1 aromatic carbocycles. The average Bonchev–Trinajstić information content (AvgIpc) is 3.12. The first kappa shape index (κ1) is 14.1. The van der Waals surface area contributed by atoms with Crippen LogP contribution in [0.5, 0.6) is 0 Å². The maximum absolute atomic E-state index is 11.0. The van der Waals surface area contributed by atoms with Crippen LogP contribution in [0, 0.1) is 6.92 Å². The van der Waals surface area contributed by atoms with Crippen molar-refractivity contribution in [2.45, 2.75) is 18.1 Å². The third-order valence-corrected chi connectivity index (χ3v) is 5.27. The highest BCUT2D eigenvalue weighted by molar-refractivity contribution is 8.04. The van der Waals surface area contributed by atoms with Gasteiger partial charge in [-0.05, 0) is 30.2 Å². The molecule has 1 aliphatic rings. The minimum atomic E-state index is -0.297. The van der Waals surface area contributed by atoms with Crippen molar-refractivity contribution in [2.24, 2.45) is 0 Å². The molecule has 1 atom stereocenters. The standard InChI is InChI=1S/C9H8OS2.C7H8/c10-7-9(4-2-6-12-9)8-3-1-5-11-8;1-7-5-3-2-4-6-7/h1-3,5-7H,4H2;2-6H,1H3. The predicted octanol–water partition coefficient (Wildman–Crippen LogP) is 4.79. The fourth-order valence-corrected chi connectivity index (χ4v) is 3.74. The lowest BCUT2D eigenvalue weighted by atomic mass is 10.1. The molecule has 0 radical (unpaired) electrons. The van der Waals surface area contributed by atoms with E-state index < -0.39 is 0 Å². The Hall–Kier alpha value is -1.32. The monoisotopic (exact) mass is 288 g/mol. The molecule has 0 saturated carbocycles. The number of aryl methyl sites for hydroxylation is 1. The molecule has 1 unspecified atom stereocenters. The van der Waals surface area contributed by atoms with Crippen LogP contribution in [-0.4, -0.2) is 6.29 Å². The molecule has 3 heteroatoms. The zero-order chi connectivity index (χ0) is 13.6. The van der Waals surface area contributed by atoms with E-state index in [4.69, 9.17) is 0 Å². The van der Waals surface area contributed by atoms with Crippen LogP contribution in [0.15, 0.2) is 59.3 Å². The first-order valence-electron chi connectivity index (χ1n) is 6.12. The molecular formula is C16H16OS2. The summed E-state index contributed by atoms with van der Waals surface area (Å²) in [5.41, 5.74) is 1.32. The number of benzene rings is 1. The molecule has 0 saturated heterocycles. The summed E-state index contributed by atoms with van der Waals surface area (Å²) >= 11 is 3.26. The zero-order valence-electron chi connectivity index (χ0n) is 10.8. The summed E-state index contributed by atoms with van der Waals surface area (Å²) in [7, 11) is 0. The van der Waals surface area contributed by atoms with Gasteiger partial charge in [-0.3, -0.25) is 0 Å². The molecule has 0 N–H and O–H groups in total. The summed E-state index contributed by atoms with van der Waals surface area (Å²) < 4.78 is -0.297. The molecule has 3 rings (SSSR count). The number of carbonyl (C=O) groups excluding carboxylic acids is 1. The van der Waals surface area contributed by atoms with Crippen LogP contribution in [-0.2, 0) is 9.54 Å². The third kappa shape index (κ3) is 3.58. The van der Waals surface area contributed by atoms with Crippen molar-refractivity contribution in [3.05, 3.63) is 69.8 Å². The molecule has 0 spiro atoms. The third-order valence-electron chi connectivity index (χ3n) is 2.86. The van der Waals surface area contributed by atoms with Crippen LogP contribution >= 0.6 is 23.1 Å². The van der Waals surface area contributed by atoms with Gasteiger partial charge in [0.25, 0.3) is 0 Å². The second-order valence-corrected chi connectivity index (χ2v) is 6.52. The Kier molecular flexibility index (Phi) is 5.00. The summed E-state index contributed by atoms with van der Waals surface area (Å²) in [6.07, 6.45) is 3.95. The number of aldehydes is 1. The van der Waals surface area contributed by atoms with E-state index >= 15 is 0 Å². The van der Waals surface area contributed by atoms with Gasteiger partial charge >= 0.3 is 0 Å². The van der Waals surface area contributed by atoms with Crippen LogP contribution in [0.4, 0.5) is 0 Å². The van der Waals surface area contributed by atoms with E-state index in [1.165, 1.54) is 5.56 Å². The van der Waals surface area contributed by atoms with Gasteiger partial charge in [-0.25, -0.2) is 0 Å². The Labute approximate surface area is 122 Å². The first-order valence-corrected chi connectivity index (χ1v) is 7.87. The van der Waals surface area contributed by atoms with Crippen molar-refractivity contribution in [2.75, 3.05) is 0 Å². The maximum Gasteiger partial charge on any atom is 0.141 e. The normalized spacial score (nSPS) is 20.7. The molecule has 2 heterocycles. The van der Waals surface area contributed by atoms with Gasteiger partial charge in [0, 0.05) is 4.88 Å². The highest BCUT2D eigenvalue weighted by Gasteiger charge is 2.34. The van der Waals surface area contributed by atoms with E-state index in [1.54, 1.807) is 23.1 Å². The molecule has 1 aliphatic heterocycles. The highest BCUT2D eigenvalue weighted by atomic mass is 32.2. The maximum atomic E-state index is 11.0. The van der Waals surface area contributed by atoms with Gasteiger partial charge in [-0.1, -0.05) is 48.0 Å². The molecule has 0 amide bonds. The van der Waals surface area contributed by atoms with E-state index in [1.807, 2.05) is 41.1 Å². The number of thiophene rings is 1. The molecular weight excluding hydrogens is 272 g/mol. The summed E-state index contributed by atoms with van der Waals surface area (Å²) in [5.74, 6) is 0. The quantitative estimate of drug-likeness (QED) is 0.739. The lowest BCUT2D eigenvalue weighted by Gasteiger charge is -2.18. The molecule has 19 heavy (non-hydrogen) atoms. The van der Waals surface area contributed by atoms with Crippen LogP contribution in [0.3, 0.4) is 0 Å². The second-order valence-electron chi connectivity index (χ2n) is 4.33. The van der Waals surface area contributed by atoms with Gasteiger partial charge in [-0.15, -0.1) is 23.1 Å². The van der Waals surface area contributed by atoms with Crippen LogP contribution < -0.4 is 0 Å². The van der Waals surface area contributed by atoms with Gasteiger partial charge < -0.3 is 4.79 Å². The van der Waals surface area contributed by atoms with E-state index in [-0.39, 0.29) is 4.75 Å². The molecule has 1 aromatic heterocycles.